The number of allylic oxidation sites excluding steroid dienone is 1. The summed E-state index contributed by atoms with van der Waals surface area (Å²) in [6, 6.07) is 14.0. The number of rotatable bonds is 9. The number of para-hydroxylation sites is 1. The first-order valence-electron chi connectivity index (χ1n) is 12.3. The largest absolute Gasteiger partial charge is 0.464 e. The zero-order valence-electron chi connectivity index (χ0n) is 20.2. The number of hydrogen-bond donors (Lipinski definition) is 3. The topological polar surface area (TPSA) is 127 Å². The Morgan fingerprint density at radius 3 is 2.73 bits per heavy atom. The molecule has 1 amide bonds. The van der Waals surface area contributed by atoms with Gasteiger partial charge in [0.15, 0.2) is 11.2 Å². The second-order valence-corrected chi connectivity index (χ2v) is 9.07. The van der Waals surface area contributed by atoms with Crippen LogP contribution in [0.25, 0.3) is 11.0 Å². The van der Waals surface area contributed by atoms with Crippen molar-refractivity contribution in [1.29, 1.82) is 0 Å². The third kappa shape index (κ3) is 5.45. The first kappa shape index (κ1) is 25.2. The van der Waals surface area contributed by atoms with Crippen LogP contribution >= 0.6 is 0 Å². The lowest BCUT2D eigenvalue weighted by Gasteiger charge is -2.29. The van der Waals surface area contributed by atoms with Crippen LogP contribution in [0.3, 0.4) is 0 Å². The Labute approximate surface area is 213 Å². The Kier molecular flexibility index (Phi) is 7.66. The first-order chi connectivity index (χ1) is 18.0. The van der Waals surface area contributed by atoms with Crippen molar-refractivity contribution in [3.05, 3.63) is 93.5 Å². The highest BCUT2D eigenvalue weighted by Gasteiger charge is 2.35. The minimum Gasteiger partial charge on any atom is -0.464 e. The minimum absolute atomic E-state index is 0.00154. The Balaban J connectivity index is 1.40. The molecule has 194 valence electrons. The van der Waals surface area contributed by atoms with Gasteiger partial charge in [0.25, 0.3) is 5.91 Å². The van der Waals surface area contributed by atoms with Crippen molar-refractivity contribution in [3.8, 4) is 0 Å². The molecule has 5 rings (SSSR count). The zero-order valence-corrected chi connectivity index (χ0v) is 20.2. The molecule has 2 heterocycles. The van der Waals surface area contributed by atoms with Crippen LogP contribution in [0.15, 0.2) is 75.8 Å². The van der Waals surface area contributed by atoms with E-state index in [0.717, 1.165) is 11.1 Å². The zero-order chi connectivity index (χ0) is 25.8. The predicted molar refractivity (Wildman–Crippen MR) is 134 cm³/mol. The third-order valence-electron chi connectivity index (χ3n) is 6.64. The van der Waals surface area contributed by atoms with Gasteiger partial charge in [-0.2, -0.15) is 0 Å². The summed E-state index contributed by atoms with van der Waals surface area (Å²) in [5.74, 6) is -1.01. The molecule has 37 heavy (non-hydrogen) atoms. The summed E-state index contributed by atoms with van der Waals surface area (Å²) < 4.78 is 22.6. The molecule has 0 saturated heterocycles. The van der Waals surface area contributed by atoms with Crippen LogP contribution in [-0.4, -0.2) is 54.9 Å². The van der Waals surface area contributed by atoms with Gasteiger partial charge in [-0.3, -0.25) is 9.59 Å². The van der Waals surface area contributed by atoms with Gasteiger partial charge >= 0.3 is 0 Å². The molecule has 2 aromatic carbocycles. The van der Waals surface area contributed by atoms with Gasteiger partial charge in [-0.05, 0) is 29.3 Å². The molecule has 0 bridgehead atoms. The number of benzene rings is 2. The molecule has 0 unspecified atom stereocenters. The monoisotopic (exact) mass is 507 g/mol. The van der Waals surface area contributed by atoms with E-state index in [1.807, 2.05) is 24.3 Å². The molecular weight excluding hydrogens is 478 g/mol. The van der Waals surface area contributed by atoms with E-state index in [1.54, 1.807) is 30.3 Å². The Hall–Kier alpha value is -3.50. The molecular formula is C28H29NO8. The number of carbonyl (C=O) groups is 1. The molecule has 2 aliphatic rings. The lowest BCUT2D eigenvalue weighted by Crippen LogP contribution is -2.38. The van der Waals surface area contributed by atoms with Gasteiger partial charge in [-0.25, -0.2) is 0 Å². The van der Waals surface area contributed by atoms with Crippen LogP contribution in [0.1, 0.15) is 35.1 Å². The van der Waals surface area contributed by atoms with Crippen molar-refractivity contribution in [2.24, 2.45) is 0 Å². The lowest BCUT2D eigenvalue weighted by molar-refractivity contribution is -0.152. The fourth-order valence-electron chi connectivity index (χ4n) is 4.85. The number of amides is 1. The summed E-state index contributed by atoms with van der Waals surface area (Å²) >= 11 is 0. The van der Waals surface area contributed by atoms with Crippen LogP contribution in [0.5, 0.6) is 0 Å². The maximum absolute atomic E-state index is 13.3. The molecule has 3 aromatic rings. The number of carbonyl (C=O) groups excluding carboxylic acids is 1. The van der Waals surface area contributed by atoms with Crippen LogP contribution in [0.4, 0.5) is 0 Å². The maximum Gasteiger partial charge on any atom is 0.286 e. The molecule has 9 heteroatoms. The molecule has 1 aliphatic carbocycles. The molecule has 1 aromatic heterocycles. The summed E-state index contributed by atoms with van der Waals surface area (Å²) in [7, 11) is 0. The van der Waals surface area contributed by atoms with Crippen LogP contribution in [0.2, 0.25) is 0 Å². The van der Waals surface area contributed by atoms with Crippen molar-refractivity contribution in [1.82, 2.24) is 5.32 Å². The second-order valence-electron chi connectivity index (χ2n) is 9.07. The minimum atomic E-state index is -0.819. The van der Waals surface area contributed by atoms with Crippen LogP contribution < -0.4 is 10.7 Å². The van der Waals surface area contributed by atoms with E-state index >= 15 is 0 Å². The number of ether oxygens (including phenoxy) is 3. The van der Waals surface area contributed by atoms with E-state index in [9.17, 15) is 14.7 Å². The maximum atomic E-state index is 13.3. The normalized spacial score (nSPS) is 22.8. The highest BCUT2D eigenvalue weighted by Crippen LogP contribution is 2.34. The summed E-state index contributed by atoms with van der Waals surface area (Å²) in [4.78, 5) is 26.6. The number of nitrogens with one attached hydrogen (secondary N) is 1. The van der Waals surface area contributed by atoms with Gasteiger partial charge < -0.3 is 34.2 Å². The van der Waals surface area contributed by atoms with Crippen molar-refractivity contribution in [3.63, 3.8) is 0 Å². The average molecular weight is 508 g/mol. The van der Waals surface area contributed by atoms with Gasteiger partial charge in [0, 0.05) is 24.3 Å². The van der Waals surface area contributed by atoms with Gasteiger partial charge in [0.05, 0.1) is 50.2 Å². The van der Waals surface area contributed by atoms with E-state index < -0.39 is 30.3 Å². The van der Waals surface area contributed by atoms with E-state index in [2.05, 4.69) is 5.32 Å². The number of aliphatic hydroxyl groups excluding tert-OH is 2. The Bertz CT molecular complexity index is 1350. The van der Waals surface area contributed by atoms with E-state index in [4.69, 9.17) is 23.7 Å². The molecule has 0 spiro atoms. The van der Waals surface area contributed by atoms with E-state index in [1.165, 1.54) is 6.26 Å². The quantitative estimate of drug-likeness (QED) is 0.377. The molecule has 1 aliphatic heterocycles. The van der Waals surface area contributed by atoms with E-state index in [0.29, 0.717) is 23.0 Å². The smallest absolute Gasteiger partial charge is 0.286 e. The predicted octanol–water partition coefficient (Wildman–Crippen LogP) is 2.31. The fraction of sp³-hybridized carbons (Fsp3) is 0.357. The molecule has 9 nitrogen and oxygen atoms in total. The van der Waals surface area contributed by atoms with E-state index in [-0.39, 0.29) is 44.0 Å². The third-order valence-corrected chi connectivity index (χ3v) is 6.64. The summed E-state index contributed by atoms with van der Waals surface area (Å²) in [6.07, 6.45) is 2.18. The van der Waals surface area contributed by atoms with Crippen molar-refractivity contribution < 1.29 is 33.6 Å². The summed E-state index contributed by atoms with van der Waals surface area (Å²) in [5, 5.41) is 22.8. The standard InChI is InChI=1S/C28H29NO8/c30-9-10-34-11-12-35-25-15-18(21-16-36-23-8-4-3-7-20(23)27(21)32)14-24(37-25)28(33)29-26-19-6-2-1-5-17(19)13-22(26)31/h1-8,14,16,18,22,25-26,30-31H,9-13,15H2,(H,29,33)/t18-,22-,25+,26+/m1/s1. The fourth-order valence-corrected chi connectivity index (χ4v) is 4.85. The summed E-state index contributed by atoms with van der Waals surface area (Å²) in [6.45, 7) is 0.504. The van der Waals surface area contributed by atoms with Crippen LogP contribution in [-0.2, 0) is 25.4 Å². The average Bonchev–Trinajstić information content (AvgIpc) is 3.23. The first-order valence-corrected chi connectivity index (χ1v) is 12.3. The van der Waals surface area contributed by atoms with Gasteiger partial charge in [-0.15, -0.1) is 0 Å². The number of fused-ring (bicyclic) bond motifs is 2. The highest BCUT2D eigenvalue weighted by atomic mass is 16.7. The van der Waals surface area contributed by atoms with Gasteiger partial charge in [-0.1, -0.05) is 36.4 Å². The summed E-state index contributed by atoms with van der Waals surface area (Å²) in [5.41, 5.74) is 2.53. The molecule has 0 radical (unpaired) electrons. The number of aliphatic hydroxyl groups is 2. The van der Waals surface area contributed by atoms with Crippen molar-refractivity contribution in [2.45, 2.75) is 37.2 Å². The second kappa shape index (κ2) is 11.3. The van der Waals surface area contributed by atoms with Gasteiger partial charge in [0.1, 0.15) is 5.58 Å². The van der Waals surface area contributed by atoms with Crippen molar-refractivity contribution in [2.75, 3.05) is 26.4 Å². The molecule has 0 saturated carbocycles. The Morgan fingerprint density at radius 2 is 1.86 bits per heavy atom. The molecule has 3 N–H and O–H groups in total. The molecule has 0 fully saturated rings. The lowest BCUT2D eigenvalue weighted by atomic mass is 9.93. The molecule has 4 atom stereocenters. The van der Waals surface area contributed by atoms with Gasteiger partial charge in [0.2, 0.25) is 6.29 Å². The SMILES string of the molecule is O=C(N[C@H]1c2ccccc2C[C@H]1O)C1=C[C@@H](c2coc3ccccc3c2=O)C[C@@H](OCCOCCO)O1. The van der Waals surface area contributed by atoms with Crippen molar-refractivity contribution >= 4 is 16.9 Å². The van der Waals surface area contributed by atoms with Crippen LogP contribution in [0, 0.1) is 0 Å². The Morgan fingerprint density at radius 1 is 1.05 bits per heavy atom. The number of hydrogen-bond acceptors (Lipinski definition) is 8. The highest BCUT2D eigenvalue weighted by molar-refractivity contribution is 5.92.